The zero-order valence-electron chi connectivity index (χ0n) is 11.8. The monoisotopic (exact) mass is 280 g/mol. The highest BCUT2D eigenvalue weighted by atomic mass is 16.5. The first kappa shape index (κ1) is 14.4. The van der Waals surface area contributed by atoms with E-state index in [2.05, 4.69) is 15.3 Å². The molecule has 1 aliphatic heterocycles. The molecule has 2 heterocycles. The molecule has 7 heteroatoms. The molecule has 0 aliphatic carbocycles. The Bertz CT molecular complexity index is 455. The maximum absolute atomic E-state index is 11.8. The van der Waals surface area contributed by atoms with Gasteiger partial charge in [-0.1, -0.05) is 6.92 Å². The number of likely N-dealkylation sites (tertiary alicyclic amines) is 1. The number of nitrogens with zero attached hydrogens (tertiary/aromatic N) is 3. The van der Waals surface area contributed by atoms with Gasteiger partial charge in [-0.15, -0.1) is 0 Å². The summed E-state index contributed by atoms with van der Waals surface area (Å²) in [6.07, 6.45) is 4.73. The van der Waals surface area contributed by atoms with E-state index in [1.165, 1.54) is 7.11 Å². The summed E-state index contributed by atoms with van der Waals surface area (Å²) >= 11 is 0. The van der Waals surface area contributed by atoms with E-state index < -0.39 is 0 Å². The number of hydrogen-bond acceptors (Lipinski definition) is 5. The van der Waals surface area contributed by atoms with Gasteiger partial charge in [-0.25, -0.2) is 14.8 Å². The fraction of sp³-hybridized carbons (Fsp3) is 0.615. The molecule has 1 aliphatic rings. The van der Waals surface area contributed by atoms with Crippen LogP contribution in [0, 0.1) is 0 Å². The van der Waals surface area contributed by atoms with Crippen LogP contribution in [0.4, 0.5) is 4.79 Å². The van der Waals surface area contributed by atoms with Gasteiger partial charge in [0.2, 0.25) is 0 Å². The normalized spacial score (nSPS) is 17.9. The molecule has 1 aromatic heterocycles. The number of carbonyl (C=O) groups is 1. The molecule has 2 amide bonds. The molecular formula is C13H20N4O3. The fourth-order valence-electron chi connectivity index (χ4n) is 2.04. The van der Waals surface area contributed by atoms with Crippen LogP contribution in [-0.2, 0) is 0 Å². The number of aromatic nitrogens is 2. The number of rotatable bonds is 5. The predicted octanol–water partition coefficient (Wildman–Crippen LogP) is 1.06. The Labute approximate surface area is 118 Å². The SMILES string of the molecule is CCCNC(=O)N1CCC(Oc2nccnc2OC)C1. The summed E-state index contributed by atoms with van der Waals surface area (Å²) in [5.74, 6) is 0.734. The third-order valence-corrected chi connectivity index (χ3v) is 3.06. The summed E-state index contributed by atoms with van der Waals surface area (Å²) in [6.45, 7) is 3.95. The van der Waals surface area contributed by atoms with Crippen molar-refractivity contribution in [1.82, 2.24) is 20.2 Å². The van der Waals surface area contributed by atoms with Crippen molar-refractivity contribution in [3.05, 3.63) is 12.4 Å². The lowest BCUT2D eigenvalue weighted by atomic mass is 10.3. The van der Waals surface area contributed by atoms with Crippen LogP contribution in [0.15, 0.2) is 12.4 Å². The lowest BCUT2D eigenvalue weighted by Crippen LogP contribution is -2.39. The van der Waals surface area contributed by atoms with Crippen molar-refractivity contribution in [3.8, 4) is 11.8 Å². The summed E-state index contributed by atoms with van der Waals surface area (Å²) in [4.78, 5) is 21.7. The zero-order chi connectivity index (χ0) is 14.4. The van der Waals surface area contributed by atoms with Crippen LogP contribution in [0.1, 0.15) is 19.8 Å². The van der Waals surface area contributed by atoms with Crippen molar-refractivity contribution >= 4 is 6.03 Å². The standard InChI is InChI=1S/C13H20N4O3/c1-3-5-16-13(18)17-8-4-10(9-17)20-12-11(19-2)14-6-7-15-12/h6-7,10H,3-5,8-9H2,1-2H3,(H,16,18). The molecule has 0 spiro atoms. The smallest absolute Gasteiger partial charge is 0.317 e. The van der Waals surface area contributed by atoms with E-state index in [-0.39, 0.29) is 12.1 Å². The largest absolute Gasteiger partial charge is 0.477 e. The van der Waals surface area contributed by atoms with E-state index >= 15 is 0 Å². The van der Waals surface area contributed by atoms with Gasteiger partial charge in [-0.05, 0) is 6.42 Å². The molecule has 0 radical (unpaired) electrons. The van der Waals surface area contributed by atoms with E-state index in [9.17, 15) is 4.79 Å². The second-order valence-electron chi connectivity index (χ2n) is 4.58. The molecule has 2 rings (SSSR count). The van der Waals surface area contributed by atoms with Crippen molar-refractivity contribution in [1.29, 1.82) is 0 Å². The van der Waals surface area contributed by atoms with Crippen LogP contribution in [0.5, 0.6) is 11.8 Å². The Morgan fingerprint density at radius 1 is 1.45 bits per heavy atom. The molecule has 0 bridgehead atoms. The number of nitrogens with one attached hydrogen (secondary N) is 1. The van der Waals surface area contributed by atoms with Gasteiger partial charge in [0.25, 0.3) is 11.8 Å². The second kappa shape index (κ2) is 6.93. The number of amides is 2. The lowest BCUT2D eigenvalue weighted by molar-refractivity contribution is 0.177. The van der Waals surface area contributed by atoms with Crippen LogP contribution in [0.25, 0.3) is 0 Å². The van der Waals surface area contributed by atoms with E-state index in [4.69, 9.17) is 9.47 Å². The first-order valence-corrected chi connectivity index (χ1v) is 6.79. The van der Waals surface area contributed by atoms with E-state index in [1.54, 1.807) is 17.3 Å². The molecule has 1 aromatic rings. The van der Waals surface area contributed by atoms with Gasteiger partial charge in [0, 0.05) is 31.9 Å². The van der Waals surface area contributed by atoms with Crippen LogP contribution in [-0.4, -0.2) is 53.7 Å². The minimum Gasteiger partial charge on any atom is -0.477 e. The molecule has 1 atom stereocenters. The maximum atomic E-state index is 11.8. The molecule has 1 fully saturated rings. The molecule has 7 nitrogen and oxygen atoms in total. The van der Waals surface area contributed by atoms with E-state index in [0.29, 0.717) is 31.4 Å². The zero-order valence-corrected chi connectivity index (χ0v) is 11.8. The van der Waals surface area contributed by atoms with Crippen molar-refractivity contribution in [2.24, 2.45) is 0 Å². The summed E-state index contributed by atoms with van der Waals surface area (Å²) < 4.78 is 10.9. The van der Waals surface area contributed by atoms with Crippen LogP contribution in [0.2, 0.25) is 0 Å². The van der Waals surface area contributed by atoms with Gasteiger partial charge in [0.15, 0.2) is 0 Å². The molecule has 1 N–H and O–H groups in total. The Hall–Kier alpha value is -2.05. The van der Waals surface area contributed by atoms with E-state index in [1.807, 2.05) is 6.92 Å². The summed E-state index contributed by atoms with van der Waals surface area (Å²) in [7, 11) is 1.52. The Balaban J connectivity index is 1.88. The molecule has 0 aromatic carbocycles. The quantitative estimate of drug-likeness (QED) is 0.872. The molecule has 20 heavy (non-hydrogen) atoms. The predicted molar refractivity (Wildman–Crippen MR) is 72.9 cm³/mol. The number of carbonyl (C=O) groups excluding carboxylic acids is 1. The van der Waals surface area contributed by atoms with Gasteiger partial charge in [0.1, 0.15) is 6.10 Å². The average molecular weight is 280 g/mol. The number of ether oxygens (including phenoxy) is 2. The summed E-state index contributed by atoms with van der Waals surface area (Å²) in [6, 6.07) is -0.0379. The van der Waals surface area contributed by atoms with Crippen molar-refractivity contribution in [3.63, 3.8) is 0 Å². The minimum atomic E-state index is -0.0759. The first-order chi connectivity index (χ1) is 9.74. The maximum Gasteiger partial charge on any atom is 0.317 e. The van der Waals surface area contributed by atoms with Gasteiger partial charge in [-0.2, -0.15) is 0 Å². The first-order valence-electron chi connectivity index (χ1n) is 6.79. The van der Waals surface area contributed by atoms with Crippen LogP contribution in [0.3, 0.4) is 0 Å². The number of hydrogen-bond donors (Lipinski definition) is 1. The van der Waals surface area contributed by atoms with Gasteiger partial charge in [-0.3, -0.25) is 0 Å². The Morgan fingerprint density at radius 2 is 2.20 bits per heavy atom. The van der Waals surface area contributed by atoms with Crippen molar-refractivity contribution in [2.45, 2.75) is 25.9 Å². The summed E-state index contributed by atoms with van der Waals surface area (Å²) in [5.41, 5.74) is 0. The van der Waals surface area contributed by atoms with Crippen LogP contribution >= 0.6 is 0 Å². The third kappa shape index (κ3) is 3.49. The lowest BCUT2D eigenvalue weighted by Gasteiger charge is -2.17. The Kier molecular flexibility index (Phi) is 4.97. The van der Waals surface area contributed by atoms with Crippen LogP contribution < -0.4 is 14.8 Å². The van der Waals surface area contributed by atoms with Crippen molar-refractivity contribution < 1.29 is 14.3 Å². The number of urea groups is 1. The second-order valence-corrected chi connectivity index (χ2v) is 4.58. The van der Waals surface area contributed by atoms with Crippen molar-refractivity contribution in [2.75, 3.05) is 26.7 Å². The highest BCUT2D eigenvalue weighted by Crippen LogP contribution is 2.23. The number of methoxy groups -OCH3 is 1. The topological polar surface area (TPSA) is 76.6 Å². The van der Waals surface area contributed by atoms with Gasteiger partial charge < -0.3 is 19.7 Å². The van der Waals surface area contributed by atoms with E-state index in [0.717, 1.165) is 12.8 Å². The fourth-order valence-corrected chi connectivity index (χ4v) is 2.04. The molecule has 110 valence electrons. The van der Waals surface area contributed by atoms with Gasteiger partial charge in [0.05, 0.1) is 13.7 Å². The Morgan fingerprint density at radius 3 is 2.90 bits per heavy atom. The molecular weight excluding hydrogens is 260 g/mol. The average Bonchev–Trinajstić information content (AvgIpc) is 2.94. The highest BCUT2D eigenvalue weighted by molar-refractivity contribution is 5.74. The molecule has 1 unspecified atom stereocenters. The summed E-state index contributed by atoms with van der Waals surface area (Å²) in [5, 5.41) is 2.86. The third-order valence-electron chi connectivity index (χ3n) is 3.06. The minimum absolute atomic E-state index is 0.0379. The van der Waals surface area contributed by atoms with Gasteiger partial charge >= 0.3 is 6.03 Å². The molecule has 0 saturated carbocycles. The molecule has 1 saturated heterocycles. The highest BCUT2D eigenvalue weighted by Gasteiger charge is 2.28.